The predicted molar refractivity (Wildman–Crippen MR) is 56.4 cm³/mol. The maximum Gasteiger partial charge on any atom is 1.00 e. The van der Waals surface area contributed by atoms with Gasteiger partial charge in [-0.25, -0.2) is 0 Å². The van der Waals surface area contributed by atoms with E-state index in [1.807, 2.05) is 13.8 Å². The molecular formula is C10H12BF3KN. The van der Waals surface area contributed by atoms with Gasteiger partial charge in [0.15, 0.2) is 0 Å². The van der Waals surface area contributed by atoms with E-state index in [1.165, 1.54) is 6.20 Å². The van der Waals surface area contributed by atoms with Crippen LogP contribution in [0.25, 0.3) is 6.08 Å². The summed E-state index contributed by atoms with van der Waals surface area (Å²) in [6.45, 7) is -1.00. The van der Waals surface area contributed by atoms with Crippen LogP contribution in [-0.4, -0.2) is 12.0 Å². The van der Waals surface area contributed by atoms with Crippen LogP contribution in [0.2, 0.25) is 0 Å². The maximum absolute atomic E-state index is 12.0. The Morgan fingerprint density at radius 1 is 1.31 bits per heavy atom. The van der Waals surface area contributed by atoms with E-state index in [4.69, 9.17) is 0 Å². The summed E-state index contributed by atoms with van der Waals surface area (Å²) in [5.74, 6) is 0.483. The molecule has 1 heterocycles. The summed E-state index contributed by atoms with van der Waals surface area (Å²) in [7, 11) is 0. The van der Waals surface area contributed by atoms with Gasteiger partial charge in [0.1, 0.15) is 0 Å². The van der Waals surface area contributed by atoms with E-state index < -0.39 is 6.98 Å². The summed E-state index contributed by atoms with van der Waals surface area (Å²) < 4.78 is 36.1. The van der Waals surface area contributed by atoms with Crippen LogP contribution in [0.4, 0.5) is 12.9 Å². The summed E-state index contributed by atoms with van der Waals surface area (Å²) in [6.07, 6.45) is 4.13. The van der Waals surface area contributed by atoms with Crippen molar-refractivity contribution < 1.29 is 64.3 Å². The summed E-state index contributed by atoms with van der Waals surface area (Å²) in [4.78, 5) is 3.82. The number of nitrogens with zero attached hydrogens (tertiary/aromatic N) is 1. The first-order valence-electron chi connectivity index (χ1n) is 4.73. The minimum Gasteiger partial charge on any atom is -0.445 e. The van der Waals surface area contributed by atoms with Crippen molar-refractivity contribution in [2.75, 3.05) is 0 Å². The van der Waals surface area contributed by atoms with Crippen LogP contribution < -0.4 is 51.4 Å². The number of rotatable bonds is 3. The van der Waals surface area contributed by atoms with Crippen molar-refractivity contribution >= 4 is 13.1 Å². The molecule has 0 N–H and O–H groups in total. The average Bonchev–Trinajstić information content (AvgIpc) is 2.14. The monoisotopic (exact) mass is 253 g/mol. The molecule has 0 spiro atoms. The molecule has 0 saturated carbocycles. The zero-order valence-electron chi connectivity index (χ0n) is 9.62. The van der Waals surface area contributed by atoms with Crippen LogP contribution in [0, 0.1) is 0 Å². The number of aromatic nitrogens is 1. The molecule has 6 heteroatoms. The second-order valence-corrected chi connectivity index (χ2v) is 3.64. The second kappa shape index (κ2) is 6.96. The van der Waals surface area contributed by atoms with Crippen molar-refractivity contribution in [2.45, 2.75) is 19.8 Å². The van der Waals surface area contributed by atoms with Gasteiger partial charge in [0.2, 0.25) is 0 Å². The molecule has 0 aliphatic heterocycles. The fourth-order valence-electron chi connectivity index (χ4n) is 1.30. The van der Waals surface area contributed by atoms with Gasteiger partial charge in [0, 0.05) is 12.4 Å². The Kier molecular flexibility index (Phi) is 7.12. The zero-order valence-corrected chi connectivity index (χ0v) is 12.7. The van der Waals surface area contributed by atoms with Crippen LogP contribution in [0.5, 0.6) is 0 Å². The van der Waals surface area contributed by atoms with E-state index in [2.05, 4.69) is 4.98 Å². The van der Waals surface area contributed by atoms with Crippen molar-refractivity contribution in [1.29, 1.82) is 0 Å². The van der Waals surface area contributed by atoms with E-state index in [0.717, 1.165) is 11.6 Å². The Hall–Kier alpha value is 0.381. The molecule has 1 aromatic rings. The van der Waals surface area contributed by atoms with Gasteiger partial charge in [0.05, 0.1) is 0 Å². The van der Waals surface area contributed by atoms with Crippen LogP contribution in [0.15, 0.2) is 24.4 Å². The molecule has 1 rings (SSSR count). The summed E-state index contributed by atoms with van der Waals surface area (Å²) in [5.41, 5.74) is 1.41. The van der Waals surface area contributed by atoms with Crippen molar-refractivity contribution in [3.8, 4) is 0 Å². The molecule has 0 atom stereocenters. The van der Waals surface area contributed by atoms with E-state index in [9.17, 15) is 12.9 Å². The third kappa shape index (κ3) is 5.63. The van der Waals surface area contributed by atoms with Gasteiger partial charge in [-0.05, 0) is 23.1 Å². The van der Waals surface area contributed by atoms with Crippen LogP contribution in [0.1, 0.15) is 30.9 Å². The van der Waals surface area contributed by atoms with Crippen LogP contribution in [0.3, 0.4) is 0 Å². The first-order chi connectivity index (χ1) is 6.90. The first-order valence-corrected chi connectivity index (χ1v) is 4.73. The van der Waals surface area contributed by atoms with Gasteiger partial charge in [-0.15, -0.1) is 5.98 Å². The molecule has 1 nitrogen and oxygen atoms in total. The Bertz CT molecular complexity index is 363. The van der Waals surface area contributed by atoms with Crippen LogP contribution in [-0.2, 0) is 0 Å². The van der Waals surface area contributed by atoms with Crippen molar-refractivity contribution in [3.05, 3.63) is 35.6 Å². The van der Waals surface area contributed by atoms with Crippen molar-refractivity contribution in [3.63, 3.8) is 0 Å². The quantitative estimate of drug-likeness (QED) is 0.719. The Morgan fingerprint density at radius 3 is 2.44 bits per heavy atom. The molecule has 0 aliphatic carbocycles. The third-order valence-corrected chi connectivity index (χ3v) is 2.00. The van der Waals surface area contributed by atoms with Gasteiger partial charge in [-0.1, -0.05) is 19.9 Å². The number of hydrogen-bond acceptors (Lipinski definition) is 1. The molecule has 0 fully saturated rings. The molecular weight excluding hydrogens is 241 g/mol. The Labute approximate surface area is 136 Å². The fraction of sp³-hybridized carbons (Fsp3) is 0.300. The smallest absolute Gasteiger partial charge is 0.445 e. The average molecular weight is 253 g/mol. The number of pyridine rings is 1. The Balaban J connectivity index is 0.00000225. The van der Waals surface area contributed by atoms with Crippen molar-refractivity contribution in [1.82, 2.24) is 4.98 Å². The second-order valence-electron chi connectivity index (χ2n) is 3.64. The maximum atomic E-state index is 12.0. The largest absolute Gasteiger partial charge is 1.00 e. The predicted octanol–water partition coefficient (Wildman–Crippen LogP) is 0.609. The summed E-state index contributed by atoms with van der Waals surface area (Å²) in [6, 6.07) is 1.74. The first kappa shape index (κ1) is 16.4. The van der Waals surface area contributed by atoms with Gasteiger partial charge < -0.3 is 12.9 Å². The topological polar surface area (TPSA) is 12.9 Å². The molecule has 0 aromatic carbocycles. The normalized spacial score (nSPS) is 11.9. The minimum atomic E-state index is -4.87. The van der Waals surface area contributed by atoms with Gasteiger partial charge >= 0.3 is 58.4 Å². The van der Waals surface area contributed by atoms with E-state index >= 15 is 0 Å². The SMILES string of the molecule is CC(C)c1ccncc1/C=C/[B-](F)(F)F.[K+]. The van der Waals surface area contributed by atoms with E-state index in [0.29, 0.717) is 11.5 Å². The molecule has 1 aromatic heterocycles. The number of hydrogen-bond donors (Lipinski definition) is 0. The number of halogens is 3. The molecule has 0 aliphatic rings. The zero-order chi connectivity index (χ0) is 11.5. The molecule has 0 bridgehead atoms. The fourth-order valence-corrected chi connectivity index (χ4v) is 1.30. The molecule has 0 amide bonds. The third-order valence-electron chi connectivity index (χ3n) is 2.00. The molecule has 0 radical (unpaired) electrons. The molecule has 0 unspecified atom stereocenters. The standard InChI is InChI=1S/C10H12BF3N.K/c1-8(2)10-4-6-15-7-9(10)3-5-11(12,13)14;/h3-8H,1-2H3;/q-1;+1/b5-3+;. The van der Waals surface area contributed by atoms with Crippen LogP contribution >= 0.6 is 0 Å². The minimum absolute atomic E-state index is 0. The molecule has 16 heavy (non-hydrogen) atoms. The van der Waals surface area contributed by atoms with Gasteiger partial charge in [-0.2, -0.15) is 0 Å². The van der Waals surface area contributed by atoms with E-state index in [-0.39, 0.29) is 57.3 Å². The van der Waals surface area contributed by atoms with Gasteiger partial charge in [-0.3, -0.25) is 4.98 Å². The Morgan fingerprint density at radius 2 is 1.94 bits per heavy atom. The van der Waals surface area contributed by atoms with Gasteiger partial charge in [0.25, 0.3) is 0 Å². The molecule has 82 valence electrons. The summed E-state index contributed by atoms with van der Waals surface area (Å²) in [5, 5.41) is 0. The molecule has 0 saturated heterocycles. The summed E-state index contributed by atoms with van der Waals surface area (Å²) >= 11 is 0. The van der Waals surface area contributed by atoms with Crippen molar-refractivity contribution in [2.24, 2.45) is 0 Å². The van der Waals surface area contributed by atoms with E-state index in [1.54, 1.807) is 12.3 Å².